The molecule has 2 aliphatic heterocycles. The molecular weight excluding hydrogens is 334 g/mol. The van der Waals surface area contributed by atoms with Gasteiger partial charge in [-0.3, -0.25) is 14.9 Å². The molecule has 3 N–H and O–H groups in total. The van der Waals surface area contributed by atoms with Gasteiger partial charge in [0.1, 0.15) is 0 Å². The fourth-order valence-electron chi connectivity index (χ4n) is 3.82. The van der Waals surface area contributed by atoms with Gasteiger partial charge in [-0.15, -0.1) is 11.3 Å². The van der Waals surface area contributed by atoms with Crippen molar-refractivity contribution in [1.29, 1.82) is 0 Å². The second kappa shape index (κ2) is 7.00. The molecule has 0 radical (unpaired) electrons. The Hall–Kier alpha value is -2.15. The number of nitrogens with zero attached hydrogens (tertiary/aromatic N) is 1. The molecule has 3 heterocycles. The number of carbonyl (C=O) groups excluding carboxylic acids is 1. The van der Waals surface area contributed by atoms with Gasteiger partial charge in [-0.1, -0.05) is 18.2 Å². The fraction of sp³-hybridized carbons (Fsp3) is 0.316. The van der Waals surface area contributed by atoms with Crippen LogP contribution < -0.4 is 10.8 Å². The van der Waals surface area contributed by atoms with Crippen LogP contribution in [0.3, 0.4) is 0 Å². The van der Waals surface area contributed by atoms with E-state index in [-0.39, 0.29) is 0 Å². The number of anilines is 1. The SMILES string of the molecule is O=C(/C=C/c1ccc(CN2CCC3c4ccccc4NC3C2)s1)NO. The molecule has 1 amide bonds. The summed E-state index contributed by atoms with van der Waals surface area (Å²) in [4.78, 5) is 15.9. The Morgan fingerprint density at radius 3 is 3.12 bits per heavy atom. The number of amides is 1. The summed E-state index contributed by atoms with van der Waals surface area (Å²) >= 11 is 1.68. The molecule has 25 heavy (non-hydrogen) atoms. The zero-order chi connectivity index (χ0) is 17.2. The lowest BCUT2D eigenvalue weighted by Crippen LogP contribution is -2.43. The summed E-state index contributed by atoms with van der Waals surface area (Å²) in [5.74, 6) is 0.121. The molecule has 130 valence electrons. The number of para-hydroxylation sites is 1. The van der Waals surface area contributed by atoms with E-state index in [4.69, 9.17) is 5.21 Å². The predicted molar refractivity (Wildman–Crippen MR) is 99.8 cm³/mol. The highest BCUT2D eigenvalue weighted by molar-refractivity contribution is 7.12. The topological polar surface area (TPSA) is 64.6 Å². The van der Waals surface area contributed by atoms with Gasteiger partial charge in [0.05, 0.1) is 0 Å². The fourth-order valence-corrected chi connectivity index (χ4v) is 4.78. The first-order valence-electron chi connectivity index (χ1n) is 8.51. The molecule has 0 bridgehead atoms. The van der Waals surface area contributed by atoms with Gasteiger partial charge in [-0.25, -0.2) is 5.48 Å². The van der Waals surface area contributed by atoms with Crippen LogP contribution in [0.2, 0.25) is 0 Å². The number of likely N-dealkylation sites (tertiary alicyclic amines) is 1. The van der Waals surface area contributed by atoms with Gasteiger partial charge in [0, 0.05) is 46.6 Å². The van der Waals surface area contributed by atoms with E-state index in [0.29, 0.717) is 12.0 Å². The molecule has 2 aliphatic rings. The van der Waals surface area contributed by atoms with Crippen molar-refractivity contribution in [2.45, 2.75) is 24.9 Å². The third-order valence-electron chi connectivity index (χ3n) is 4.97. The lowest BCUT2D eigenvalue weighted by Gasteiger charge is -2.34. The number of fused-ring (bicyclic) bond motifs is 3. The molecule has 2 aromatic rings. The van der Waals surface area contributed by atoms with Gasteiger partial charge in [-0.2, -0.15) is 0 Å². The average Bonchev–Trinajstić information content (AvgIpc) is 3.23. The lowest BCUT2D eigenvalue weighted by molar-refractivity contribution is -0.124. The van der Waals surface area contributed by atoms with Gasteiger partial charge in [0.2, 0.25) is 0 Å². The van der Waals surface area contributed by atoms with Crippen LogP contribution in [0.15, 0.2) is 42.5 Å². The first-order chi connectivity index (χ1) is 12.2. The first-order valence-corrected chi connectivity index (χ1v) is 9.33. The van der Waals surface area contributed by atoms with Crippen molar-refractivity contribution in [2.24, 2.45) is 0 Å². The Kier molecular flexibility index (Phi) is 4.57. The van der Waals surface area contributed by atoms with Gasteiger partial charge < -0.3 is 5.32 Å². The molecule has 0 aliphatic carbocycles. The van der Waals surface area contributed by atoms with E-state index in [0.717, 1.165) is 24.5 Å². The largest absolute Gasteiger partial charge is 0.380 e. The average molecular weight is 355 g/mol. The summed E-state index contributed by atoms with van der Waals surface area (Å²) in [7, 11) is 0. The van der Waals surface area contributed by atoms with Crippen LogP contribution in [0.4, 0.5) is 5.69 Å². The number of piperidine rings is 1. The molecule has 5 nitrogen and oxygen atoms in total. The van der Waals surface area contributed by atoms with Crippen molar-refractivity contribution in [2.75, 3.05) is 18.4 Å². The number of hydrogen-bond donors (Lipinski definition) is 3. The van der Waals surface area contributed by atoms with E-state index < -0.39 is 5.91 Å². The smallest absolute Gasteiger partial charge is 0.267 e. The molecule has 1 fully saturated rings. The summed E-state index contributed by atoms with van der Waals surface area (Å²) in [6.45, 7) is 3.09. The van der Waals surface area contributed by atoms with E-state index in [2.05, 4.69) is 40.5 Å². The van der Waals surface area contributed by atoms with E-state index in [1.165, 1.54) is 28.6 Å². The number of thiophene rings is 1. The van der Waals surface area contributed by atoms with Crippen LogP contribution >= 0.6 is 11.3 Å². The quantitative estimate of drug-likeness (QED) is 0.448. The molecule has 0 saturated carbocycles. The molecule has 2 atom stereocenters. The molecule has 6 heteroatoms. The van der Waals surface area contributed by atoms with E-state index >= 15 is 0 Å². The normalized spacial score (nSPS) is 22.4. The number of carbonyl (C=O) groups is 1. The van der Waals surface area contributed by atoms with Crippen LogP contribution in [0.5, 0.6) is 0 Å². The van der Waals surface area contributed by atoms with E-state index in [9.17, 15) is 4.79 Å². The third kappa shape index (κ3) is 3.46. The second-order valence-electron chi connectivity index (χ2n) is 6.58. The van der Waals surface area contributed by atoms with Crippen molar-refractivity contribution in [3.8, 4) is 0 Å². The predicted octanol–water partition coefficient (Wildman–Crippen LogP) is 3.05. The minimum Gasteiger partial charge on any atom is -0.380 e. The Labute approximate surface area is 150 Å². The number of benzene rings is 1. The van der Waals surface area contributed by atoms with Crippen LogP contribution in [-0.4, -0.2) is 35.1 Å². The third-order valence-corrected chi connectivity index (χ3v) is 6.00. The van der Waals surface area contributed by atoms with Crippen molar-refractivity contribution in [1.82, 2.24) is 10.4 Å². The van der Waals surface area contributed by atoms with Gasteiger partial charge in [0.15, 0.2) is 0 Å². The van der Waals surface area contributed by atoms with Gasteiger partial charge in [0.25, 0.3) is 5.91 Å². The number of rotatable bonds is 4. The molecule has 2 unspecified atom stereocenters. The first kappa shape index (κ1) is 16.3. The molecule has 1 aromatic heterocycles. The van der Waals surface area contributed by atoms with Crippen molar-refractivity contribution < 1.29 is 10.0 Å². The molecule has 1 aromatic carbocycles. The summed E-state index contributed by atoms with van der Waals surface area (Å²) in [5, 5.41) is 12.2. The van der Waals surface area contributed by atoms with Crippen molar-refractivity contribution in [3.05, 3.63) is 57.8 Å². The lowest BCUT2D eigenvalue weighted by atomic mass is 9.88. The van der Waals surface area contributed by atoms with Crippen LogP contribution in [0.25, 0.3) is 6.08 Å². The van der Waals surface area contributed by atoms with Crippen molar-refractivity contribution in [3.63, 3.8) is 0 Å². The summed E-state index contributed by atoms with van der Waals surface area (Å²) < 4.78 is 0. The van der Waals surface area contributed by atoms with Gasteiger partial charge >= 0.3 is 0 Å². The van der Waals surface area contributed by atoms with Crippen molar-refractivity contribution >= 4 is 29.0 Å². The Morgan fingerprint density at radius 1 is 1.36 bits per heavy atom. The summed E-state index contributed by atoms with van der Waals surface area (Å²) in [6.07, 6.45) is 4.24. The maximum atomic E-state index is 11.0. The van der Waals surface area contributed by atoms with Gasteiger partial charge in [-0.05, 0) is 42.8 Å². The Bertz CT molecular complexity index is 801. The second-order valence-corrected chi connectivity index (χ2v) is 7.78. The Morgan fingerprint density at radius 2 is 2.24 bits per heavy atom. The molecule has 0 spiro atoms. The maximum Gasteiger partial charge on any atom is 0.267 e. The number of nitrogens with one attached hydrogen (secondary N) is 2. The standard InChI is InChI=1S/C19H21N3O2S/c23-19(21-24)8-7-13-5-6-14(25-13)11-22-10-9-16-15-3-1-2-4-17(15)20-18(16)12-22/h1-8,16,18,20,24H,9-12H2,(H,21,23)/b8-7+. The monoisotopic (exact) mass is 355 g/mol. The minimum absolute atomic E-state index is 0.499. The molecule has 4 rings (SSSR count). The van der Waals surface area contributed by atoms with Crippen LogP contribution in [0, 0.1) is 0 Å². The van der Waals surface area contributed by atoms with Crippen LogP contribution in [-0.2, 0) is 11.3 Å². The summed E-state index contributed by atoms with van der Waals surface area (Å²) in [5.41, 5.74) is 4.37. The highest BCUT2D eigenvalue weighted by Crippen LogP contribution is 2.40. The van der Waals surface area contributed by atoms with E-state index in [1.807, 2.05) is 6.07 Å². The number of hydroxylamine groups is 1. The Balaban J connectivity index is 1.37. The molecule has 1 saturated heterocycles. The number of hydrogen-bond acceptors (Lipinski definition) is 5. The minimum atomic E-state index is -0.510. The van der Waals surface area contributed by atoms with E-state index in [1.54, 1.807) is 22.9 Å². The molecular formula is C19H21N3O2S. The maximum absolute atomic E-state index is 11.0. The van der Waals surface area contributed by atoms with Crippen LogP contribution in [0.1, 0.15) is 27.7 Å². The highest BCUT2D eigenvalue weighted by atomic mass is 32.1. The highest BCUT2D eigenvalue weighted by Gasteiger charge is 2.36. The summed E-state index contributed by atoms with van der Waals surface area (Å²) in [6, 6.07) is 13.3. The zero-order valence-corrected chi connectivity index (χ0v) is 14.6. The zero-order valence-electron chi connectivity index (χ0n) is 13.8.